The SMILES string of the molecule is NC(=O)c1ccc(N)c(N2CCCOc3ccccc32)c1. The zero-order valence-corrected chi connectivity index (χ0v) is 11.6. The Labute approximate surface area is 123 Å². The van der Waals surface area contributed by atoms with Crippen LogP contribution in [0.5, 0.6) is 5.75 Å². The number of fused-ring (bicyclic) bond motifs is 1. The van der Waals surface area contributed by atoms with Gasteiger partial charge in [-0.25, -0.2) is 0 Å². The van der Waals surface area contributed by atoms with Crippen LogP contribution in [0, 0.1) is 0 Å². The standard InChI is InChI=1S/C16H17N3O2/c17-12-7-6-11(16(18)20)10-14(12)19-8-3-9-21-15-5-2-1-4-13(15)19/h1-2,4-7,10H,3,8-9,17H2,(H2,18,20). The molecular weight excluding hydrogens is 266 g/mol. The number of hydrogen-bond acceptors (Lipinski definition) is 4. The minimum Gasteiger partial charge on any atom is -0.491 e. The van der Waals surface area contributed by atoms with Gasteiger partial charge in [0.1, 0.15) is 5.75 Å². The Morgan fingerprint density at radius 1 is 1.14 bits per heavy atom. The molecule has 0 radical (unpaired) electrons. The van der Waals surface area contributed by atoms with Crippen molar-refractivity contribution < 1.29 is 9.53 Å². The maximum absolute atomic E-state index is 11.4. The smallest absolute Gasteiger partial charge is 0.248 e. The maximum Gasteiger partial charge on any atom is 0.248 e. The molecule has 2 aromatic rings. The molecule has 0 spiro atoms. The molecule has 0 aliphatic carbocycles. The van der Waals surface area contributed by atoms with Gasteiger partial charge in [0.05, 0.1) is 23.7 Å². The van der Waals surface area contributed by atoms with Crippen LogP contribution in [-0.2, 0) is 0 Å². The van der Waals surface area contributed by atoms with E-state index in [4.69, 9.17) is 16.2 Å². The van der Waals surface area contributed by atoms with Gasteiger partial charge in [0.2, 0.25) is 5.91 Å². The molecule has 0 saturated heterocycles. The second kappa shape index (κ2) is 5.36. The number of nitrogen functional groups attached to an aromatic ring is 1. The topological polar surface area (TPSA) is 81.6 Å². The van der Waals surface area contributed by atoms with E-state index in [-0.39, 0.29) is 0 Å². The second-order valence-corrected chi connectivity index (χ2v) is 4.96. The highest BCUT2D eigenvalue weighted by Gasteiger charge is 2.20. The number of hydrogen-bond donors (Lipinski definition) is 2. The summed E-state index contributed by atoms with van der Waals surface area (Å²) in [6, 6.07) is 12.9. The van der Waals surface area contributed by atoms with Crippen molar-refractivity contribution in [3.8, 4) is 5.75 Å². The lowest BCUT2D eigenvalue weighted by atomic mass is 10.1. The zero-order valence-electron chi connectivity index (χ0n) is 11.6. The van der Waals surface area contributed by atoms with Crippen LogP contribution < -0.4 is 21.1 Å². The first-order chi connectivity index (χ1) is 10.2. The molecule has 2 aromatic carbocycles. The fourth-order valence-corrected chi connectivity index (χ4v) is 2.51. The Morgan fingerprint density at radius 3 is 2.76 bits per heavy atom. The summed E-state index contributed by atoms with van der Waals surface area (Å²) in [5, 5.41) is 0. The third-order valence-electron chi connectivity index (χ3n) is 3.55. The molecule has 5 heteroatoms. The zero-order chi connectivity index (χ0) is 14.8. The molecule has 0 aromatic heterocycles. The number of nitrogens with zero attached hydrogens (tertiary/aromatic N) is 1. The van der Waals surface area contributed by atoms with Crippen molar-refractivity contribution in [2.75, 3.05) is 23.8 Å². The summed E-state index contributed by atoms with van der Waals surface area (Å²) in [4.78, 5) is 13.5. The van der Waals surface area contributed by atoms with E-state index >= 15 is 0 Å². The van der Waals surface area contributed by atoms with Gasteiger partial charge in [0.25, 0.3) is 0 Å². The number of ether oxygens (including phenoxy) is 1. The average Bonchev–Trinajstić information content (AvgIpc) is 2.70. The quantitative estimate of drug-likeness (QED) is 0.828. The van der Waals surface area contributed by atoms with Gasteiger partial charge in [-0.1, -0.05) is 12.1 Å². The normalized spacial score (nSPS) is 14.0. The maximum atomic E-state index is 11.4. The highest BCUT2D eigenvalue weighted by molar-refractivity contribution is 5.95. The lowest BCUT2D eigenvalue weighted by Gasteiger charge is -2.25. The number of nitrogens with two attached hydrogens (primary N) is 2. The summed E-state index contributed by atoms with van der Waals surface area (Å²) in [6.45, 7) is 1.42. The van der Waals surface area contributed by atoms with E-state index in [1.54, 1.807) is 18.2 Å². The molecule has 0 atom stereocenters. The van der Waals surface area contributed by atoms with Gasteiger partial charge in [0, 0.05) is 12.1 Å². The van der Waals surface area contributed by atoms with E-state index in [1.807, 2.05) is 24.3 Å². The van der Waals surface area contributed by atoms with Crippen LogP contribution in [0.1, 0.15) is 16.8 Å². The molecule has 4 N–H and O–H groups in total. The molecule has 3 rings (SSSR count). The molecule has 1 amide bonds. The number of primary amides is 1. The molecule has 1 aliphatic heterocycles. The summed E-state index contributed by atoms with van der Waals surface area (Å²) in [6.07, 6.45) is 0.870. The number of carbonyl (C=O) groups is 1. The van der Waals surface area contributed by atoms with Crippen molar-refractivity contribution in [1.29, 1.82) is 0 Å². The van der Waals surface area contributed by atoms with Crippen LogP contribution in [-0.4, -0.2) is 19.1 Å². The predicted octanol–water partition coefficient (Wildman–Crippen LogP) is 2.29. The molecule has 108 valence electrons. The van der Waals surface area contributed by atoms with Crippen LogP contribution in [0.15, 0.2) is 42.5 Å². The van der Waals surface area contributed by atoms with E-state index in [0.717, 1.165) is 30.1 Å². The summed E-state index contributed by atoms with van der Waals surface area (Å²) < 4.78 is 5.74. The van der Waals surface area contributed by atoms with Gasteiger partial charge >= 0.3 is 0 Å². The van der Waals surface area contributed by atoms with Crippen LogP contribution in [0.3, 0.4) is 0 Å². The lowest BCUT2D eigenvalue weighted by Crippen LogP contribution is -2.20. The highest BCUT2D eigenvalue weighted by Crippen LogP contribution is 2.38. The van der Waals surface area contributed by atoms with Gasteiger partial charge in [-0.05, 0) is 36.8 Å². The average molecular weight is 283 g/mol. The minimum absolute atomic E-state index is 0.446. The molecule has 0 unspecified atom stereocenters. The molecule has 1 heterocycles. The molecular formula is C16H17N3O2. The number of rotatable bonds is 2. The first-order valence-corrected chi connectivity index (χ1v) is 6.85. The number of anilines is 3. The first kappa shape index (κ1) is 13.3. The lowest BCUT2D eigenvalue weighted by molar-refractivity contribution is 0.100. The van der Waals surface area contributed by atoms with Crippen molar-refractivity contribution in [1.82, 2.24) is 0 Å². The van der Waals surface area contributed by atoms with Crippen molar-refractivity contribution in [2.24, 2.45) is 5.73 Å². The number of para-hydroxylation sites is 2. The third kappa shape index (κ3) is 2.50. The minimum atomic E-state index is -0.462. The Hall–Kier alpha value is -2.69. The molecule has 1 aliphatic rings. The van der Waals surface area contributed by atoms with Gasteiger partial charge in [0.15, 0.2) is 0 Å². The van der Waals surface area contributed by atoms with Crippen molar-refractivity contribution >= 4 is 23.0 Å². The summed E-state index contributed by atoms with van der Waals surface area (Å²) in [5.74, 6) is 0.356. The highest BCUT2D eigenvalue weighted by atomic mass is 16.5. The summed E-state index contributed by atoms with van der Waals surface area (Å²) in [5.41, 5.74) is 14.2. The van der Waals surface area contributed by atoms with Crippen molar-refractivity contribution in [2.45, 2.75) is 6.42 Å². The second-order valence-electron chi connectivity index (χ2n) is 4.96. The molecule has 0 bridgehead atoms. The van der Waals surface area contributed by atoms with Gasteiger partial charge in [-0.3, -0.25) is 4.79 Å². The Kier molecular flexibility index (Phi) is 3.39. The fraction of sp³-hybridized carbons (Fsp3) is 0.188. The predicted molar refractivity (Wildman–Crippen MR) is 82.9 cm³/mol. The Balaban J connectivity index is 2.11. The summed E-state index contributed by atoms with van der Waals surface area (Å²) in [7, 11) is 0. The van der Waals surface area contributed by atoms with E-state index in [0.29, 0.717) is 17.9 Å². The molecule has 21 heavy (non-hydrogen) atoms. The summed E-state index contributed by atoms with van der Waals surface area (Å²) >= 11 is 0. The van der Waals surface area contributed by atoms with E-state index in [2.05, 4.69) is 4.90 Å². The van der Waals surface area contributed by atoms with E-state index in [1.165, 1.54) is 0 Å². The van der Waals surface area contributed by atoms with Crippen LogP contribution >= 0.6 is 0 Å². The monoisotopic (exact) mass is 283 g/mol. The molecule has 5 nitrogen and oxygen atoms in total. The fourth-order valence-electron chi connectivity index (χ4n) is 2.51. The van der Waals surface area contributed by atoms with Gasteiger partial charge in [-0.15, -0.1) is 0 Å². The third-order valence-corrected chi connectivity index (χ3v) is 3.55. The molecule has 0 saturated carbocycles. The largest absolute Gasteiger partial charge is 0.491 e. The van der Waals surface area contributed by atoms with E-state index in [9.17, 15) is 4.79 Å². The van der Waals surface area contributed by atoms with Crippen molar-refractivity contribution in [3.05, 3.63) is 48.0 Å². The van der Waals surface area contributed by atoms with E-state index < -0.39 is 5.91 Å². The van der Waals surface area contributed by atoms with Crippen LogP contribution in [0.2, 0.25) is 0 Å². The number of carbonyl (C=O) groups excluding carboxylic acids is 1. The number of amides is 1. The molecule has 0 fully saturated rings. The Morgan fingerprint density at radius 2 is 1.95 bits per heavy atom. The van der Waals surface area contributed by atoms with Gasteiger partial charge < -0.3 is 21.1 Å². The number of benzene rings is 2. The van der Waals surface area contributed by atoms with Crippen LogP contribution in [0.25, 0.3) is 0 Å². The Bertz CT molecular complexity index is 685. The van der Waals surface area contributed by atoms with Crippen molar-refractivity contribution in [3.63, 3.8) is 0 Å². The van der Waals surface area contributed by atoms with Gasteiger partial charge in [-0.2, -0.15) is 0 Å². The first-order valence-electron chi connectivity index (χ1n) is 6.85. The van der Waals surface area contributed by atoms with Crippen LogP contribution in [0.4, 0.5) is 17.1 Å².